The molecule has 0 saturated heterocycles. The van der Waals surface area contributed by atoms with E-state index in [1.165, 1.54) is 57.8 Å². The predicted octanol–water partition coefficient (Wildman–Crippen LogP) is 5.90. The van der Waals surface area contributed by atoms with Crippen molar-refractivity contribution >= 4 is 0 Å². The summed E-state index contributed by atoms with van der Waals surface area (Å²) in [5, 5.41) is 0. The Labute approximate surface area is 124 Å². The Bertz CT molecular complexity index is 470. The molecule has 3 fully saturated rings. The highest BCUT2D eigenvalue weighted by atomic mass is 14.6. The van der Waals surface area contributed by atoms with E-state index in [1.54, 1.807) is 5.57 Å². The Morgan fingerprint density at radius 3 is 2.65 bits per heavy atom. The van der Waals surface area contributed by atoms with Crippen molar-refractivity contribution in [2.75, 3.05) is 0 Å². The summed E-state index contributed by atoms with van der Waals surface area (Å²) in [6.45, 7) is 9.59. The zero-order valence-corrected chi connectivity index (χ0v) is 13.4. The molecule has 0 bridgehead atoms. The Hall–Kier alpha value is -0.520. The normalized spacial score (nSPS) is 51.0. The molecule has 4 aliphatic rings. The summed E-state index contributed by atoms with van der Waals surface area (Å²) in [6, 6.07) is 0. The van der Waals surface area contributed by atoms with Crippen LogP contribution in [0.4, 0.5) is 0 Å². The highest BCUT2D eigenvalue weighted by Crippen LogP contribution is 2.66. The molecule has 5 atom stereocenters. The molecule has 0 aromatic rings. The van der Waals surface area contributed by atoms with Crippen molar-refractivity contribution in [2.24, 2.45) is 28.6 Å². The summed E-state index contributed by atoms with van der Waals surface area (Å²) in [7, 11) is 0. The van der Waals surface area contributed by atoms with E-state index in [2.05, 4.69) is 26.5 Å². The van der Waals surface area contributed by atoms with Crippen molar-refractivity contribution in [2.45, 2.75) is 71.6 Å². The quantitative estimate of drug-likeness (QED) is 0.481. The van der Waals surface area contributed by atoms with Gasteiger partial charge in [0.15, 0.2) is 0 Å². The maximum absolute atomic E-state index is 4.44. The molecule has 3 saturated carbocycles. The van der Waals surface area contributed by atoms with Crippen LogP contribution in [0.5, 0.6) is 0 Å². The van der Waals surface area contributed by atoms with Crippen molar-refractivity contribution in [3.8, 4) is 0 Å². The van der Waals surface area contributed by atoms with Crippen LogP contribution in [0.1, 0.15) is 71.6 Å². The van der Waals surface area contributed by atoms with Crippen molar-refractivity contribution in [3.05, 3.63) is 23.8 Å². The number of allylic oxidation sites excluding steroid dienone is 3. The summed E-state index contributed by atoms with van der Waals surface area (Å²) in [5.74, 6) is 2.93. The second-order valence-electron chi connectivity index (χ2n) is 8.55. The second kappa shape index (κ2) is 4.24. The monoisotopic (exact) mass is 270 g/mol. The lowest BCUT2D eigenvalue weighted by atomic mass is 9.47. The summed E-state index contributed by atoms with van der Waals surface area (Å²) in [6.07, 6.45) is 15.3. The maximum atomic E-state index is 4.44. The van der Waals surface area contributed by atoms with Crippen molar-refractivity contribution < 1.29 is 0 Å². The van der Waals surface area contributed by atoms with E-state index < -0.39 is 0 Å². The predicted molar refractivity (Wildman–Crippen MR) is 85.5 cm³/mol. The van der Waals surface area contributed by atoms with Gasteiger partial charge in [-0.2, -0.15) is 0 Å². The zero-order valence-electron chi connectivity index (χ0n) is 13.4. The molecule has 4 rings (SSSR count). The molecule has 0 unspecified atom stereocenters. The van der Waals surface area contributed by atoms with Crippen LogP contribution in [-0.2, 0) is 0 Å². The topological polar surface area (TPSA) is 0 Å². The van der Waals surface area contributed by atoms with Crippen LogP contribution in [-0.4, -0.2) is 0 Å². The van der Waals surface area contributed by atoms with Crippen LogP contribution in [0.2, 0.25) is 0 Å². The maximum Gasteiger partial charge on any atom is -0.00853 e. The lowest BCUT2D eigenvalue weighted by Crippen LogP contribution is -2.49. The Morgan fingerprint density at radius 2 is 1.80 bits per heavy atom. The van der Waals surface area contributed by atoms with Gasteiger partial charge in [0, 0.05) is 0 Å². The molecular formula is C20H30. The Kier molecular flexibility index (Phi) is 2.79. The fraction of sp³-hybridized carbons (Fsp3) is 0.800. The molecule has 110 valence electrons. The lowest BCUT2D eigenvalue weighted by Gasteiger charge is -2.57. The first kappa shape index (κ1) is 13.2. The molecule has 0 radical (unpaired) electrons. The van der Waals surface area contributed by atoms with Crippen LogP contribution in [0, 0.1) is 28.6 Å². The standard InChI is InChI=1S/C20H30/c1-14-7-10-17-16-9-8-15-6-4-5-12-20(15,3)18(16)11-13-19(14,17)2/h6,16-18H,1,4-5,7-13H2,2-3H3/t16-,17-,18-,19+,20-/m0/s1. The number of hydrogen-bond donors (Lipinski definition) is 0. The molecule has 0 N–H and O–H groups in total. The smallest absolute Gasteiger partial charge is 0.00853 e. The fourth-order valence-electron chi connectivity index (χ4n) is 6.66. The van der Waals surface area contributed by atoms with Crippen molar-refractivity contribution in [1.29, 1.82) is 0 Å². The van der Waals surface area contributed by atoms with Gasteiger partial charge in [0.05, 0.1) is 0 Å². The molecule has 4 aliphatic carbocycles. The summed E-state index contributed by atoms with van der Waals surface area (Å²) in [5.41, 5.74) is 4.47. The molecule has 0 amide bonds. The van der Waals surface area contributed by atoms with Crippen LogP contribution in [0.25, 0.3) is 0 Å². The first-order chi connectivity index (χ1) is 9.56. The van der Waals surface area contributed by atoms with Gasteiger partial charge in [-0.05, 0) is 86.4 Å². The van der Waals surface area contributed by atoms with Crippen LogP contribution in [0.3, 0.4) is 0 Å². The minimum atomic E-state index is 0.493. The Morgan fingerprint density at radius 1 is 1.00 bits per heavy atom. The SMILES string of the molecule is C=C1CC[C@H]2[C@@H]3CCC4=CCCC[C@]4(C)[C@H]3CC[C@]12C. The van der Waals surface area contributed by atoms with Crippen molar-refractivity contribution in [3.63, 3.8) is 0 Å². The van der Waals surface area contributed by atoms with E-state index in [0.29, 0.717) is 10.8 Å². The van der Waals surface area contributed by atoms with Gasteiger partial charge in [-0.3, -0.25) is 0 Å². The highest BCUT2D eigenvalue weighted by molar-refractivity contribution is 5.27. The molecule has 0 spiro atoms. The van der Waals surface area contributed by atoms with Gasteiger partial charge in [0.25, 0.3) is 0 Å². The molecule has 0 aromatic carbocycles. The van der Waals surface area contributed by atoms with E-state index in [1.807, 2.05) is 5.57 Å². The lowest BCUT2D eigenvalue weighted by molar-refractivity contribution is -0.0253. The van der Waals surface area contributed by atoms with Crippen LogP contribution >= 0.6 is 0 Å². The third kappa shape index (κ3) is 1.54. The molecule has 0 heterocycles. The second-order valence-corrected chi connectivity index (χ2v) is 8.55. The van der Waals surface area contributed by atoms with Gasteiger partial charge < -0.3 is 0 Å². The number of fused-ring (bicyclic) bond motifs is 5. The Balaban J connectivity index is 1.70. The van der Waals surface area contributed by atoms with E-state index >= 15 is 0 Å². The first-order valence-electron chi connectivity index (χ1n) is 8.93. The van der Waals surface area contributed by atoms with Crippen molar-refractivity contribution in [1.82, 2.24) is 0 Å². The van der Waals surface area contributed by atoms with Gasteiger partial charge in [-0.25, -0.2) is 0 Å². The minimum Gasteiger partial charge on any atom is -0.0993 e. The van der Waals surface area contributed by atoms with E-state index in [0.717, 1.165) is 17.8 Å². The van der Waals surface area contributed by atoms with E-state index in [-0.39, 0.29) is 0 Å². The molecular weight excluding hydrogens is 240 g/mol. The largest absolute Gasteiger partial charge is 0.0993 e. The third-order valence-electron chi connectivity index (χ3n) is 7.98. The summed E-state index contributed by atoms with van der Waals surface area (Å²) in [4.78, 5) is 0. The molecule has 0 aromatic heterocycles. The molecule has 20 heavy (non-hydrogen) atoms. The molecule has 0 nitrogen and oxygen atoms in total. The minimum absolute atomic E-state index is 0.493. The molecule has 0 heteroatoms. The van der Waals surface area contributed by atoms with E-state index in [4.69, 9.17) is 0 Å². The van der Waals surface area contributed by atoms with Gasteiger partial charge in [-0.15, -0.1) is 0 Å². The third-order valence-corrected chi connectivity index (χ3v) is 7.98. The summed E-state index contributed by atoms with van der Waals surface area (Å²) < 4.78 is 0. The average molecular weight is 270 g/mol. The van der Waals surface area contributed by atoms with Gasteiger partial charge in [-0.1, -0.05) is 37.6 Å². The number of hydrogen-bond acceptors (Lipinski definition) is 0. The first-order valence-corrected chi connectivity index (χ1v) is 8.93. The molecule has 0 aliphatic heterocycles. The zero-order chi connectivity index (χ0) is 14.0. The van der Waals surface area contributed by atoms with Gasteiger partial charge >= 0.3 is 0 Å². The summed E-state index contributed by atoms with van der Waals surface area (Å²) >= 11 is 0. The van der Waals surface area contributed by atoms with Gasteiger partial charge in [0.2, 0.25) is 0 Å². The van der Waals surface area contributed by atoms with E-state index in [9.17, 15) is 0 Å². The van der Waals surface area contributed by atoms with Gasteiger partial charge in [0.1, 0.15) is 0 Å². The fourth-order valence-corrected chi connectivity index (χ4v) is 6.66. The van der Waals surface area contributed by atoms with Crippen LogP contribution < -0.4 is 0 Å². The van der Waals surface area contributed by atoms with Crippen LogP contribution in [0.15, 0.2) is 23.8 Å². The number of rotatable bonds is 0. The highest BCUT2D eigenvalue weighted by Gasteiger charge is 2.56. The average Bonchev–Trinajstić information content (AvgIpc) is 2.74.